The van der Waals surface area contributed by atoms with Crippen molar-refractivity contribution in [1.29, 1.82) is 0 Å². The van der Waals surface area contributed by atoms with Crippen molar-refractivity contribution in [3.05, 3.63) is 41.7 Å². The van der Waals surface area contributed by atoms with Crippen molar-refractivity contribution in [2.75, 3.05) is 0 Å². The van der Waals surface area contributed by atoms with E-state index in [2.05, 4.69) is 61.7 Å². The SMILES string of the molecule is Cc1nn(C(C)C)c(C)c1-c1ccccc1.[Pt]. The van der Waals surface area contributed by atoms with Gasteiger partial charge in [-0.15, -0.1) is 0 Å². The van der Waals surface area contributed by atoms with Gasteiger partial charge in [-0.3, -0.25) is 4.68 Å². The van der Waals surface area contributed by atoms with Crippen LogP contribution in [0, 0.1) is 13.8 Å². The Labute approximate surface area is 117 Å². The largest absolute Gasteiger partial charge is 0.266 e. The van der Waals surface area contributed by atoms with Gasteiger partial charge in [-0.05, 0) is 33.3 Å². The minimum absolute atomic E-state index is 0. The molecule has 0 bridgehead atoms. The molecular weight excluding hydrogens is 391 g/mol. The summed E-state index contributed by atoms with van der Waals surface area (Å²) < 4.78 is 2.09. The minimum atomic E-state index is 0. The second kappa shape index (κ2) is 5.64. The van der Waals surface area contributed by atoms with Crippen LogP contribution < -0.4 is 0 Å². The van der Waals surface area contributed by atoms with E-state index in [-0.39, 0.29) is 21.1 Å². The van der Waals surface area contributed by atoms with E-state index in [4.69, 9.17) is 0 Å². The van der Waals surface area contributed by atoms with Crippen LogP contribution in [0.1, 0.15) is 31.3 Å². The van der Waals surface area contributed by atoms with E-state index in [1.165, 1.54) is 16.8 Å². The first-order chi connectivity index (χ1) is 7.61. The molecule has 0 fully saturated rings. The summed E-state index contributed by atoms with van der Waals surface area (Å²) in [5.74, 6) is 0. The van der Waals surface area contributed by atoms with Crippen molar-refractivity contribution in [2.24, 2.45) is 0 Å². The quantitative estimate of drug-likeness (QED) is 0.739. The molecule has 2 aromatic rings. The third-order valence-electron chi connectivity index (χ3n) is 2.88. The fourth-order valence-electron chi connectivity index (χ4n) is 2.19. The summed E-state index contributed by atoms with van der Waals surface area (Å²) in [6.07, 6.45) is 0. The van der Waals surface area contributed by atoms with Crippen molar-refractivity contribution in [3.63, 3.8) is 0 Å². The summed E-state index contributed by atoms with van der Waals surface area (Å²) in [6, 6.07) is 10.9. The average Bonchev–Trinajstić information content (AvgIpc) is 2.56. The Morgan fingerprint density at radius 1 is 1.06 bits per heavy atom. The molecule has 2 nitrogen and oxygen atoms in total. The van der Waals surface area contributed by atoms with Gasteiger partial charge in [-0.2, -0.15) is 5.10 Å². The van der Waals surface area contributed by atoms with Crippen LogP contribution in [0.2, 0.25) is 0 Å². The summed E-state index contributed by atoms with van der Waals surface area (Å²) in [4.78, 5) is 0. The molecule has 0 atom stereocenters. The van der Waals surface area contributed by atoms with E-state index in [1.54, 1.807) is 0 Å². The molecule has 1 aromatic carbocycles. The van der Waals surface area contributed by atoms with Gasteiger partial charge in [0.05, 0.1) is 5.69 Å². The second-order valence-corrected chi connectivity index (χ2v) is 4.45. The van der Waals surface area contributed by atoms with Gasteiger partial charge >= 0.3 is 0 Å². The number of aromatic nitrogens is 2. The predicted octanol–water partition coefficient (Wildman–Crippen LogP) is 3.75. The molecule has 0 N–H and O–H groups in total. The topological polar surface area (TPSA) is 17.8 Å². The first-order valence-corrected chi connectivity index (χ1v) is 5.72. The molecule has 0 unspecified atom stereocenters. The van der Waals surface area contributed by atoms with E-state index in [0.29, 0.717) is 6.04 Å². The molecular formula is C14H18N2Pt. The van der Waals surface area contributed by atoms with E-state index in [9.17, 15) is 0 Å². The van der Waals surface area contributed by atoms with E-state index < -0.39 is 0 Å². The first-order valence-electron chi connectivity index (χ1n) is 5.72. The number of hydrogen-bond donors (Lipinski definition) is 0. The Balaban J connectivity index is 0.00000144. The third kappa shape index (κ3) is 2.69. The maximum atomic E-state index is 4.60. The van der Waals surface area contributed by atoms with Crippen LogP contribution in [0.5, 0.6) is 0 Å². The summed E-state index contributed by atoms with van der Waals surface area (Å²) in [7, 11) is 0. The van der Waals surface area contributed by atoms with Gasteiger partial charge in [0.2, 0.25) is 0 Å². The molecule has 0 saturated heterocycles. The molecule has 0 aliphatic rings. The normalized spacial score (nSPS) is 10.4. The Bertz CT molecular complexity index is 486. The molecule has 2 rings (SSSR count). The molecule has 17 heavy (non-hydrogen) atoms. The number of hydrogen-bond acceptors (Lipinski definition) is 1. The fourth-order valence-corrected chi connectivity index (χ4v) is 2.19. The van der Waals surface area contributed by atoms with Crippen molar-refractivity contribution in [1.82, 2.24) is 9.78 Å². The first kappa shape index (κ1) is 14.2. The van der Waals surface area contributed by atoms with E-state index in [1.807, 2.05) is 6.07 Å². The van der Waals surface area contributed by atoms with Crippen molar-refractivity contribution in [2.45, 2.75) is 33.7 Å². The zero-order valence-corrected chi connectivity index (χ0v) is 12.9. The molecule has 0 spiro atoms. The van der Waals surface area contributed by atoms with Gasteiger partial charge in [0.1, 0.15) is 0 Å². The van der Waals surface area contributed by atoms with Crippen LogP contribution in [0.15, 0.2) is 30.3 Å². The van der Waals surface area contributed by atoms with Crippen molar-refractivity contribution < 1.29 is 21.1 Å². The van der Waals surface area contributed by atoms with E-state index >= 15 is 0 Å². The minimum Gasteiger partial charge on any atom is -0.266 e. The molecule has 0 aliphatic heterocycles. The Morgan fingerprint density at radius 2 is 1.65 bits per heavy atom. The van der Waals surface area contributed by atoms with Crippen molar-refractivity contribution >= 4 is 0 Å². The Kier molecular flexibility index (Phi) is 4.70. The maximum absolute atomic E-state index is 4.60. The van der Waals surface area contributed by atoms with Crippen LogP contribution in [0.3, 0.4) is 0 Å². The molecule has 0 amide bonds. The number of rotatable bonds is 2. The summed E-state index contributed by atoms with van der Waals surface area (Å²) in [6.45, 7) is 8.54. The van der Waals surface area contributed by atoms with E-state index in [0.717, 1.165) is 5.69 Å². The standard InChI is InChI=1S/C14H18N2.Pt/c1-10(2)16-12(4)14(11(3)15-16)13-8-6-5-7-9-13;/h5-10H,1-4H3;. The molecule has 0 saturated carbocycles. The summed E-state index contributed by atoms with van der Waals surface area (Å²) >= 11 is 0. The van der Waals surface area contributed by atoms with Gasteiger partial charge in [-0.1, -0.05) is 30.3 Å². The summed E-state index contributed by atoms with van der Waals surface area (Å²) in [5.41, 5.74) is 4.88. The number of benzene rings is 1. The van der Waals surface area contributed by atoms with Gasteiger partial charge in [0, 0.05) is 38.4 Å². The fraction of sp³-hybridized carbons (Fsp3) is 0.357. The zero-order valence-electron chi connectivity index (χ0n) is 10.7. The van der Waals surface area contributed by atoms with Crippen LogP contribution in [-0.4, -0.2) is 9.78 Å². The molecule has 3 heteroatoms. The van der Waals surface area contributed by atoms with Gasteiger partial charge < -0.3 is 0 Å². The van der Waals surface area contributed by atoms with Crippen LogP contribution >= 0.6 is 0 Å². The van der Waals surface area contributed by atoms with Crippen LogP contribution in [-0.2, 0) is 21.1 Å². The van der Waals surface area contributed by atoms with Crippen LogP contribution in [0.25, 0.3) is 11.1 Å². The second-order valence-electron chi connectivity index (χ2n) is 4.45. The molecule has 94 valence electrons. The Morgan fingerprint density at radius 3 is 2.12 bits per heavy atom. The smallest absolute Gasteiger partial charge is 0.0675 e. The third-order valence-corrected chi connectivity index (χ3v) is 2.88. The molecule has 1 heterocycles. The van der Waals surface area contributed by atoms with Crippen molar-refractivity contribution in [3.8, 4) is 11.1 Å². The molecule has 0 radical (unpaired) electrons. The van der Waals surface area contributed by atoms with Gasteiger partial charge in [-0.25, -0.2) is 0 Å². The average molecular weight is 409 g/mol. The maximum Gasteiger partial charge on any atom is 0.0675 e. The zero-order chi connectivity index (χ0) is 11.7. The van der Waals surface area contributed by atoms with Crippen LogP contribution in [0.4, 0.5) is 0 Å². The molecule has 0 aliphatic carbocycles. The summed E-state index contributed by atoms with van der Waals surface area (Å²) in [5, 5.41) is 4.60. The van der Waals surface area contributed by atoms with Gasteiger partial charge in [0.25, 0.3) is 0 Å². The monoisotopic (exact) mass is 409 g/mol. The van der Waals surface area contributed by atoms with Gasteiger partial charge in [0.15, 0.2) is 0 Å². The molecule has 1 aromatic heterocycles. The Hall–Kier alpha value is -0.882. The number of aryl methyl sites for hydroxylation is 1. The predicted molar refractivity (Wildman–Crippen MR) is 67.5 cm³/mol. The number of nitrogens with zero attached hydrogens (tertiary/aromatic N) is 2.